The number of aromatic nitrogens is 1. The summed E-state index contributed by atoms with van der Waals surface area (Å²) in [7, 11) is 0. The maximum absolute atomic E-state index is 12.1. The van der Waals surface area contributed by atoms with Crippen molar-refractivity contribution >= 4 is 34.5 Å². The molecule has 1 aromatic carbocycles. The molecule has 0 bridgehead atoms. The highest BCUT2D eigenvalue weighted by molar-refractivity contribution is 6.31. The second-order valence-corrected chi connectivity index (χ2v) is 5.39. The van der Waals surface area contributed by atoms with Gasteiger partial charge in [-0.05, 0) is 30.7 Å². The van der Waals surface area contributed by atoms with Crippen molar-refractivity contribution in [2.24, 2.45) is 0 Å². The lowest BCUT2D eigenvalue weighted by Gasteiger charge is -2.18. The van der Waals surface area contributed by atoms with E-state index in [0.717, 1.165) is 17.3 Å². The average molecular weight is 319 g/mol. The summed E-state index contributed by atoms with van der Waals surface area (Å²) in [4.78, 5) is 18.2. The van der Waals surface area contributed by atoms with E-state index < -0.39 is 0 Å². The Labute approximate surface area is 135 Å². The molecule has 4 nitrogen and oxygen atoms in total. The summed E-state index contributed by atoms with van der Waals surface area (Å²) >= 11 is 5.97. The number of amides is 1. The molecule has 0 saturated heterocycles. The van der Waals surface area contributed by atoms with Gasteiger partial charge in [-0.15, -0.1) is 0 Å². The van der Waals surface area contributed by atoms with Gasteiger partial charge in [0.1, 0.15) is 0 Å². The van der Waals surface area contributed by atoms with Gasteiger partial charge in [0, 0.05) is 29.6 Å². The third-order valence-corrected chi connectivity index (χ3v) is 3.48. The summed E-state index contributed by atoms with van der Waals surface area (Å²) in [5.41, 5.74) is 1.49. The highest BCUT2D eigenvalue weighted by Crippen LogP contribution is 2.18. The summed E-state index contributed by atoms with van der Waals surface area (Å²) < 4.78 is 0. The van der Waals surface area contributed by atoms with Crippen molar-refractivity contribution in [3.8, 4) is 0 Å². The zero-order valence-corrected chi connectivity index (χ0v) is 13.3. The summed E-state index contributed by atoms with van der Waals surface area (Å²) in [6.07, 6.45) is 4.03. The van der Waals surface area contributed by atoms with Crippen molar-refractivity contribution in [1.82, 2.24) is 9.88 Å². The number of hydrogen-bond acceptors (Lipinski definition) is 3. The standard InChI is InChI=1S/C17H19ClN2O2/c1-2-9-20(10-11-21)17(22)8-7-15-6-4-13-3-5-14(18)12-16(13)19-15/h3-8,12,21H,2,9-11H2,1H3/b8-7+. The molecule has 0 spiro atoms. The van der Waals surface area contributed by atoms with E-state index >= 15 is 0 Å². The number of nitrogens with zero attached hydrogens (tertiary/aromatic N) is 2. The molecule has 1 aromatic heterocycles. The van der Waals surface area contributed by atoms with Crippen LogP contribution in [0.15, 0.2) is 36.4 Å². The third kappa shape index (κ3) is 4.29. The van der Waals surface area contributed by atoms with E-state index in [2.05, 4.69) is 4.98 Å². The fourth-order valence-electron chi connectivity index (χ4n) is 2.18. The number of halogens is 1. The van der Waals surface area contributed by atoms with Crippen LogP contribution in [0.3, 0.4) is 0 Å². The van der Waals surface area contributed by atoms with Crippen molar-refractivity contribution < 1.29 is 9.90 Å². The molecule has 116 valence electrons. The van der Waals surface area contributed by atoms with Crippen LogP contribution in [0.2, 0.25) is 5.02 Å². The molecule has 0 unspecified atom stereocenters. The summed E-state index contributed by atoms with van der Waals surface area (Å²) in [5, 5.41) is 10.6. The molecule has 0 atom stereocenters. The first-order valence-corrected chi connectivity index (χ1v) is 7.66. The van der Waals surface area contributed by atoms with Crippen molar-refractivity contribution in [1.29, 1.82) is 0 Å². The van der Waals surface area contributed by atoms with Crippen molar-refractivity contribution in [2.75, 3.05) is 19.7 Å². The number of fused-ring (bicyclic) bond motifs is 1. The number of pyridine rings is 1. The minimum Gasteiger partial charge on any atom is -0.395 e. The number of aliphatic hydroxyl groups excluding tert-OH is 1. The Morgan fingerprint density at radius 3 is 2.82 bits per heavy atom. The fourth-order valence-corrected chi connectivity index (χ4v) is 2.35. The van der Waals surface area contributed by atoms with E-state index in [0.29, 0.717) is 23.8 Å². The summed E-state index contributed by atoms with van der Waals surface area (Å²) in [5.74, 6) is -0.121. The van der Waals surface area contributed by atoms with Crippen LogP contribution in [-0.4, -0.2) is 40.6 Å². The number of benzene rings is 1. The van der Waals surface area contributed by atoms with Gasteiger partial charge in [0.2, 0.25) is 5.91 Å². The van der Waals surface area contributed by atoms with Gasteiger partial charge in [-0.1, -0.05) is 30.7 Å². The highest BCUT2D eigenvalue weighted by atomic mass is 35.5. The zero-order chi connectivity index (χ0) is 15.9. The van der Waals surface area contributed by atoms with Gasteiger partial charge in [0.15, 0.2) is 0 Å². The van der Waals surface area contributed by atoms with Crippen LogP contribution in [0, 0.1) is 0 Å². The van der Waals surface area contributed by atoms with Crippen LogP contribution in [0.1, 0.15) is 19.0 Å². The molecular weight excluding hydrogens is 300 g/mol. The van der Waals surface area contributed by atoms with Gasteiger partial charge in [-0.2, -0.15) is 0 Å². The first kappa shape index (κ1) is 16.5. The Kier molecular flexibility index (Phi) is 5.92. The normalized spacial score (nSPS) is 11.2. The van der Waals surface area contributed by atoms with E-state index in [-0.39, 0.29) is 12.5 Å². The van der Waals surface area contributed by atoms with Crippen LogP contribution in [-0.2, 0) is 4.79 Å². The lowest BCUT2D eigenvalue weighted by atomic mass is 10.2. The quantitative estimate of drug-likeness (QED) is 0.833. The monoisotopic (exact) mass is 318 g/mol. The number of carbonyl (C=O) groups excluding carboxylic acids is 1. The summed E-state index contributed by atoms with van der Waals surface area (Å²) in [6.45, 7) is 2.94. The summed E-state index contributed by atoms with van der Waals surface area (Å²) in [6, 6.07) is 9.33. The van der Waals surface area contributed by atoms with E-state index in [4.69, 9.17) is 16.7 Å². The molecule has 1 heterocycles. The first-order valence-electron chi connectivity index (χ1n) is 7.28. The van der Waals surface area contributed by atoms with E-state index in [1.54, 1.807) is 17.0 Å². The van der Waals surface area contributed by atoms with Crippen LogP contribution >= 0.6 is 11.6 Å². The second-order valence-electron chi connectivity index (χ2n) is 4.96. The lowest BCUT2D eigenvalue weighted by Crippen LogP contribution is -2.32. The molecule has 0 fully saturated rings. The molecule has 2 aromatic rings. The highest BCUT2D eigenvalue weighted by Gasteiger charge is 2.08. The Bertz CT molecular complexity index is 679. The molecule has 0 aliphatic heterocycles. The molecule has 1 amide bonds. The van der Waals surface area contributed by atoms with E-state index in [1.807, 2.05) is 31.2 Å². The van der Waals surface area contributed by atoms with Crippen molar-refractivity contribution in [3.05, 3.63) is 47.1 Å². The van der Waals surface area contributed by atoms with E-state index in [1.165, 1.54) is 6.08 Å². The topological polar surface area (TPSA) is 53.4 Å². The lowest BCUT2D eigenvalue weighted by molar-refractivity contribution is -0.126. The molecule has 1 N–H and O–H groups in total. The van der Waals surface area contributed by atoms with Crippen LogP contribution < -0.4 is 0 Å². The predicted molar refractivity (Wildman–Crippen MR) is 89.7 cm³/mol. The Morgan fingerprint density at radius 1 is 1.32 bits per heavy atom. The SMILES string of the molecule is CCCN(CCO)C(=O)/C=C/c1ccc2ccc(Cl)cc2n1. The Balaban J connectivity index is 2.16. The maximum atomic E-state index is 12.1. The number of carbonyl (C=O) groups is 1. The molecule has 22 heavy (non-hydrogen) atoms. The van der Waals surface area contributed by atoms with Gasteiger partial charge >= 0.3 is 0 Å². The van der Waals surface area contributed by atoms with Gasteiger partial charge < -0.3 is 10.0 Å². The van der Waals surface area contributed by atoms with Gasteiger partial charge in [-0.25, -0.2) is 4.98 Å². The van der Waals surface area contributed by atoms with Gasteiger partial charge in [-0.3, -0.25) is 4.79 Å². The second kappa shape index (κ2) is 7.92. The largest absolute Gasteiger partial charge is 0.395 e. The third-order valence-electron chi connectivity index (χ3n) is 3.25. The zero-order valence-electron chi connectivity index (χ0n) is 12.5. The van der Waals surface area contributed by atoms with Crippen molar-refractivity contribution in [3.63, 3.8) is 0 Å². The molecule has 5 heteroatoms. The molecule has 0 aliphatic rings. The minimum atomic E-state index is -0.121. The first-order chi connectivity index (χ1) is 10.6. The van der Waals surface area contributed by atoms with Crippen LogP contribution in [0.25, 0.3) is 17.0 Å². The predicted octanol–water partition coefficient (Wildman–Crippen LogP) is 3.13. The average Bonchev–Trinajstić information content (AvgIpc) is 2.52. The fraction of sp³-hybridized carbons (Fsp3) is 0.294. The molecule has 0 saturated carbocycles. The van der Waals surface area contributed by atoms with E-state index in [9.17, 15) is 4.79 Å². The van der Waals surface area contributed by atoms with Crippen LogP contribution in [0.4, 0.5) is 0 Å². The number of hydrogen-bond donors (Lipinski definition) is 1. The molecule has 2 rings (SSSR count). The Hall–Kier alpha value is -1.91. The van der Waals surface area contributed by atoms with Crippen molar-refractivity contribution in [2.45, 2.75) is 13.3 Å². The van der Waals surface area contributed by atoms with Gasteiger partial charge in [0.25, 0.3) is 0 Å². The molecule has 0 aliphatic carbocycles. The van der Waals surface area contributed by atoms with Gasteiger partial charge in [0.05, 0.1) is 17.8 Å². The number of rotatable bonds is 6. The minimum absolute atomic E-state index is 0.0354. The smallest absolute Gasteiger partial charge is 0.246 e. The maximum Gasteiger partial charge on any atom is 0.246 e. The Morgan fingerprint density at radius 2 is 2.09 bits per heavy atom. The molecular formula is C17H19ClN2O2. The molecule has 0 radical (unpaired) electrons. The number of aliphatic hydroxyl groups is 1. The van der Waals surface area contributed by atoms with Crippen LogP contribution in [0.5, 0.6) is 0 Å².